The molecular weight excluding hydrogens is 234 g/mol. The summed E-state index contributed by atoms with van der Waals surface area (Å²) in [5, 5.41) is 9.50. The van der Waals surface area contributed by atoms with Crippen LogP contribution < -0.4 is 15.6 Å². The summed E-state index contributed by atoms with van der Waals surface area (Å²) in [5.74, 6) is 0.743. The van der Waals surface area contributed by atoms with Crippen LogP contribution in [0.5, 0.6) is 5.75 Å². The predicted molar refractivity (Wildman–Crippen MR) is 67.5 cm³/mol. The van der Waals surface area contributed by atoms with Crippen molar-refractivity contribution >= 4 is 17.3 Å². The van der Waals surface area contributed by atoms with E-state index in [4.69, 9.17) is 10.5 Å². The van der Waals surface area contributed by atoms with E-state index in [-0.39, 0.29) is 11.1 Å². The highest BCUT2D eigenvalue weighted by Crippen LogP contribution is 2.29. The summed E-state index contributed by atoms with van der Waals surface area (Å²) >= 11 is 0. The second-order valence-electron chi connectivity index (χ2n) is 4.24. The molecule has 1 atom stereocenters. The van der Waals surface area contributed by atoms with Crippen molar-refractivity contribution in [1.82, 2.24) is 4.90 Å². The van der Waals surface area contributed by atoms with Crippen LogP contribution in [0.4, 0.5) is 11.4 Å². The van der Waals surface area contributed by atoms with Crippen LogP contribution in [-0.4, -0.2) is 43.3 Å². The van der Waals surface area contributed by atoms with Gasteiger partial charge in [-0.25, -0.2) is 0 Å². The Balaban J connectivity index is 2.10. The number of nitrogens with zero attached hydrogens (tertiary/aromatic N) is 3. The molecule has 98 valence electrons. The Morgan fingerprint density at radius 1 is 1.50 bits per heavy atom. The van der Waals surface area contributed by atoms with E-state index in [1.807, 2.05) is 19.0 Å². The van der Waals surface area contributed by atoms with E-state index in [0.29, 0.717) is 23.7 Å². The zero-order valence-corrected chi connectivity index (χ0v) is 10.4. The molecule has 1 aromatic carbocycles. The van der Waals surface area contributed by atoms with Crippen molar-refractivity contribution in [3.8, 4) is 5.75 Å². The molecule has 1 aliphatic rings. The minimum Gasteiger partial charge on any atom is -0.492 e. The molecule has 1 heterocycles. The molecule has 7 heteroatoms. The molecule has 1 aliphatic heterocycles. The number of rotatable bonds is 4. The number of quaternary nitrogens is 1. The second-order valence-corrected chi connectivity index (χ2v) is 4.24. The number of fused-ring (bicyclic) bond motifs is 1. The third-order valence-corrected chi connectivity index (χ3v) is 2.47. The zero-order chi connectivity index (χ0) is 13.1. The number of hydrogen-bond acceptors (Lipinski definition) is 5. The number of ether oxygens (including phenoxy) is 1. The number of benzene rings is 1. The molecule has 0 radical (unpaired) electrons. The maximum atomic E-state index is 9.61. The number of hydrogen-bond donors (Lipinski definition) is 3. The van der Waals surface area contributed by atoms with Crippen molar-refractivity contribution < 1.29 is 15.1 Å². The first-order valence-electron chi connectivity index (χ1n) is 5.60. The number of aliphatic imine (C=N–C) groups is 1. The normalized spacial score (nSPS) is 18.0. The molecule has 0 spiro atoms. The van der Waals surface area contributed by atoms with E-state index in [1.54, 1.807) is 18.2 Å². The number of nitrogens with two attached hydrogens (primary N) is 1. The Kier molecular flexibility index (Phi) is 3.66. The van der Waals surface area contributed by atoms with E-state index in [9.17, 15) is 5.21 Å². The average molecular weight is 251 g/mol. The monoisotopic (exact) mass is 251 g/mol. The van der Waals surface area contributed by atoms with Gasteiger partial charge in [-0.15, -0.1) is 0 Å². The summed E-state index contributed by atoms with van der Waals surface area (Å²) in [6.45, 7) is 1.42. The van der Waals surface area contributed by atoms with Crippen molar-refractivity contribution in [2.24, 2.45) is 10.7 Å². The van der Waals surface area contributed by atoms with Crippen LogP contribution >= 0.6 is 0 Å². The molecule has 0 fully saturated rings. The molecule has 4 N–H and O–H groups in total. The fourth-order valence-electron chi connectivity index (χ4n) is 1.55. The van der Waals surface area contributed by atoms with Gasteiger partial charge in [0.1, 0.15) is 12.4 Å². The lowest BCUT2D eigenvalue weighted by atomic mass is 10.2. The predicted octanol–water partition coefficient (Wildman–Crippen LogP) is -0.219. The maximum absolute atomic E-state index is 9.61. The molecule has 0 saturated carbocycles. The van der Waals surface area contributed by atoms with Gasteiger partial charge in [-0.3, -0.25) is 0 Å². The molecule has 18 heavy (non-hydrogen) atoms. The van der Waals surface area contributed by atoms with E-state index < -0.39 is 0 Å². The first-order chi connectivity index (χ1) is 8.56. The van der Waals surface area contributed by atoms with Gasteiger partial charge >= 0.3 is 0 Å². The molecule has 1 unspecified atom stereocenters. The SMILES string of the molecule is CN(C)CCOc1ccc2c(c1)N=C(N)[N-][NH+]2O. The minimum atomic E-state index is -0.114. The molecule has 0 bridgehead atoms. The highest BCUT2D eigenvalue weighted by atomic mass is 16.5. The Bertz CT molecular complexity index is 461. The van der Waals surface area contributed by atoms with Crippen molar-refractivity contribution in [2.45, 2.75) is 0 Å². The molecule has 2 rings (SSSR count). The average Bonchev–Trinajstić information content (AvgIpc) is 2.27. The third-order valence-electron chi connectivity index (χ3n) is 2.47. The highest BCUT2D eigenvalue weighted by Gasteiger charge is 2.17. The van der Waals surface area contributed by atoms with Gasteiger partial charge in [-0.2, -0.15) is 10.6 Å². The minimum absolute atomic E-state index is 0.0467. The molecular formula is C11H17N5O2. The van der Waals surface area contributed by atoms with Crippen molar-refractivity contribution in [1.29, 1.82) is 0 Å². The fourth-order valence-corrected chi connectivity index (χ4v) is 1.55. The van der Waals surface area contributed by atoms with Crippen molar-refractivity contribution in [2.75, 3.05) is 27.2 Å². The number of likely N-dealkylation sites (N-methyl/N-ethyl adjacent to an activating group) is 1. The first kappa shape index (κ1) is 12.6. The van der Waals surface area contributed by atoms with Gasteiger partial charge in [0.15, 0.2) is 5.69 Å². The lowest BCUT2D eigenvalue weighted by Crippen LogP contribution is -3.01. The summed E-state index contributed by atoms with van der Waals surface area (Å²) in [6.07, 6.45) is 0. The summed E-state index contributed by atoms with van der Waals surface area (Å²) < 4.78 is 5.58. The summed E-state index contributed by atoms with van der Waals surface area (Å²) in [7, 11) is 3.96. The van der Waals surface area contributed by atoms with Gasteiger partial charge in [-0.05, 0) is 26.2 Å². The van der Waals surface area contributed by atoms with Crippen LogP contribution in [0.15, 0.2) is 23.2 Å². The van der Waals surface area contributed by atoms with Crippen LogP contribution in [0.2, 0.25) is 0 Å². The molecule has 0 aliphatic carbocycles. The highest BCUT2D eigenvalue weighted by molar-refractivity contribution is 5.93. The smallest absolute Gasteiger partial charge is 0.189 e. The first-order valence-corrected chi connectivity index (χ1v) is 5.60. The topological polar surface area (TPSA) is 89.6 Å². The fraction of sp³-hybridized carbons (Fsp3) is 0.364. The lowest BCUT2D eigenvalue weighted by molar-refractivity contribution is -0.998. The number of guanidine groups is 1. The Labute approximate surface area is 105 Å². The molecule has 1 aromatic rings. The third kappa shape index (κ3) is 2.89. The van der Waals surface area contributed by atoms with Gasteiger partial charge in [0, 0.05) is 12.6 Å². The molecule has 7 nitrogen and oxygen atoms in total. The van der Waals surface area contributed by atoms with Crippen LogP contribution in [0.3, 0.4) is 0 Å². The quantitative estimate of drug-likeness (QED) is 0.690. The Morgan fingerprint density at radius 3 is 3.00 bits per heavy atom. The van der Waals surface area contributed by atoms with E-state index in [1.165, 1.54) is 0 Å². The van der Waals surface area contributed by atoms with E-state index >= 15 is 0 Å². The maximum Gasteiger partial charge on any atom is 0.189 e. The van der Waals surface area contributed by atoms with Crippen LogP contribution in [0, 0.1) is 0 Å². The molecule has 0 aromatic heterocycles. The lowest BCUT2D eigenvalue weighted by Gasteiger charge is -2.23. The van der Waals surface area contributed by atoms with Crippen molar-refractivity contribution in [3.05, 3.63) is 23.6 Å². The van der Waals surface area contributed by atoms with Gasteiger partial charge in [0.2, 0.25) is 0 Å². The largest absolute Gasteiger partial charge is 0.492 e. The van der Waals surface area contributed by atoms with E-state index in [0.717, 1.165) is 6.54 Å². The Hall–Kier alpha value is -1.83. The van der Waals surface area contributed by atoms with Crippen LogP contribution in [0.1, 0.15) is 0 Å². The van der Waals surface area contributed by atoms with Crippen LogP contribution in [0.25, 0.3) is 5.43 Å². The van der Waals surface area contributed by atoms with Crippen LogP contribution in [-0.2, 0) is 0 Å². The summed E-state index contributed by atoms with van der Waals surface area (Å²) in [6, 6.07) is 5.23. The molecule has 0 amide bonds. The standard InChI is InChI=1S/C11H17N5O2/c1-15(2)5-6-18-8-3-4-10-9(7-8)13-11(12)14-16(10)17/h3-4,7,16-17H,5-6H2,1-2H3,(H2-,12,13,14). The Morgan fingerprint density at radius 2 is 2.28 bits per heavy atom. The summed E-state index contributed by atoms with van der Waals surface area (Å²) in [4.78, 5) is 6.09. The van der Waals surface area contributed by atoms with Gasteiger partial charge in [0.25, 0.3) is 0 Å². The van der Waals surface area contributed by atoms with Gasteiger partial charge < -0.3 is 20.4 Å². The van der Waals surface area contributed by atoms with Crippen molar-refractivity contribution in [3.63, 3.8) is 0 Å². The number of nitrogens with one attached hydrogen (secondary N) is 1. The van der Waals surface area contributed by atoms with Gasteiger partial charge in [0.05, 0.1) is 11.6 Å². The zero-order valence-electron chi connectivity index (χ0n) is 10.4. The molecule has 0 saturated heterocycles. The van der Waals surface area contributed by atoms with Gasteiger partial charge in [-0.1, -0.05) is 5.17 Å². The van der Waals surface area contributed by atoms with E-state index in [2.05, 4.69) is 10.4 Å². The summed E-state index contributed by atoms with van der Waals surface area (Å²) in [5.41, 5.74) is 10.3. The second kappa shape index (κ2) is 5.21.